The summed E-state index contributed by atoms with van der Waals surface area (Å²) in [6.07, 6.45) is 0. The predicted octanol–water partition coefficient (Wildman–Crippen LogP) is 9.67. The van der Waals surface area contributed by atoms with Crippen LogP contribution in [0.25, 0.3) is 11.1 Å². The van der Waals surface area contributed by atoms with Crippen molar-refractivity contribution in [3.63, 3.8) is 0 Å². The van der Waals surface area contributed by atoms with E-state index in [9.17, 15) is 0 Å². The molecule has 0 bridgehead atoms. The third kappa shape index (κ3) is 3.73. The van der Waals surface area contributed by atoms with Gasteiger partial charge in [0.25, 0.3) is 0 Å². The third-order valence-electron chi connectivity index (χ3n) is 7.74. The number of anilines is 8. The van der Waals surface area contributed by atoms with Crippen LogP contribution >= 0.6 is 0 Å². The number of ether oxygens (including phenoxy) is 2. The van der Waals surface area contributed by atoms with Crippen LogP contribution in [0, 0.1) is 0 Å². The van der Waals surface area contributed by atoms with E-state index in [2.05, 4.69) is 21.9 Å². The molecular weight excluding hydrogens is 520 g/mol. The molecule has 2 aliphatic rings. The Labute approximate surface area is 243 Å². The van der Waals surface area contributed by atoms with Crippen LogP contribution in [0.3, 0.4) is 0 Å². The van der Waals surface area contributed by atoms with Crippen molar-refractivity contribution in [1.82, 2.24) is 0 Å². The number of hydrogen-bond acceptors (Lipinski definition) is 6. The molecule has 6 aromatic carbocycles. The van der Waals surface area contributed by atoms with E-state index in [1.165, 1.54) is 0 Å². The van der Waals surface area contributed by atoms with Gasteiger partial charge >= 0.3 is 0 Å². The number of nitrogens with two attached hydrogens (primary N) is 2. The van der Waals surface area contributed by atoms with E-state index in [1.54, 1.807) is 0 Å². The molecule has 0 aliphatic carbocycles. The lowest BCUT2D eigenvalue weighted by molar-refractivity contribution is 0.477. The van der Waals surface area contributed by atoms with Crippen molar-refractivity contribution < 1.29 is 9.47 Å². The van der Waals surface area contributed by atoms with Gasteiger partial charge in [-0.2, -0.15) is 0 Å². The number of benzene rings is 6. The third-order valence-corrected chi connectivity index (χ3v) is 7.74. The Kier molecular flexibility index (Phi) is 5.34. The Morgan fingerprint density at radius 3 is 1.00 bits per heavy atom. The van der Waals surface area contributed by atoms with Gasteiger partial charge in [0.2, 0.25) is 0 Å². The van der Waals surface area contributed by atoms with E-state index in [1.807, 2.05) is 121 Å². The van der Waals surface area contributed by atoms with Crippen molar-refractivity contribution in [1.29, 1.82) is 0 Å². The summed E-state index contributed by atoms with van der Waals surface area (Å²) in [7, 11) is 0. The summed E-state index contributed by atoms with van der Waals surface area (Å²) in [6, 6.07) is 44.3. The molecule has 0 radical (unpaired) electrons. The Bertz CT molecular complexity index is 1770. The Balaban J connectivity index is 1.19. The van der Waals surface area contributed by atoms with Crippen LogP contribution in [0.15, 0.2) is 133 Å². The largest absolute Gasteiger partial charge is 0.453 e. The highest BCUT2D eigenvalue weighted by atomic mass is 16.5. The normalized spacial score (nSPS) is 12.8. The summed E-state index contributed by atoms with van der Waals surface area (Å²) >= 11 is 0. The molecule has 0 aromatic heterocycles. The van der Waals surface area contributed by atoms with Gasteiger partial charge in [-0.1, -0.05) is 60.7 Å². The number of fused-ring (bicyclic) bond motifs is 4. The SMILES string of the molecule is Nc1cc(N2c3ccccc3Oc3ccccc32)ccc1-c1ccc(N2c3ccccc3Oc3ccccc32)cc1N. The maximum atomic E-state index is 6.74. The number of hydrogen-bond donors (Lipinski definition) is 2. The summed E-state index contributed by atoms with van der Waals surface area (Å²) in [4.78, 5) is 4.35. The lowest BCUT2D eigenvalue weighted by Gasteiger charge is -2.33. The average Bonchev–Trinajstić information content (AvgIpc) is 3.02. The van der Waals surface area contributed by atoms with Crippen LogP contribution in [0.5, 0.6) is 23.0 Å². The van der Waals surface area contributed by atoms with E-state index < -0.39 is 0 Å². The molecule has 0 saturated carbocycles. The topological polar surface area (TPSA) is 77.0 Å². The molecule has 42 heavy (non-hydrogen) atoms. The summed E-state index contributed by atoms with van der Waals surface area (Å²) in [5, 5.41) is 0. The first-order valence-electron chi connectivity index (χ1n) is 13.8. The molecule has 2 heterocycles. The molecule has 0 spiro atoms. The zero-order valence-electron chi connectivity index (χ0n) is 22.6. The first-order valence-corrected chi connectivity index (χ1v) is 13.8. The van der Waals surface area contributed by atoms with Crippen molar-refractivity contribution in [3.05, 3.63) is 133 Å². The fourth-order valence-electron chi connectivity index (χ4n) is 5.83. The van der Waals surface area contributed by atoms with E-state index in [-0.39, 0.29) is 0 Å². The van der Waals surface area contributed by atoms with Gasteiger partial charge in [-0.25, -0.2) is 0 Å². The molecule has 6 heteroatoms. The smallest absolute Gasteiger partial charge is 0.151 e. The van der Waals surface area contributed by atoms with Gasteiger partial charge in [-0.05, 0) is 72.8 Å². The summed E-state index contributed by atoms with van der Waals surface area (Å²) in [5.41, 5.74) is 22.2. The van der Waals surface area contributed by atoms with Crippen LogP contribution in [0.2, 0.25) is 0 Å². The highest BCUT2D eigenvalue weighted by molar-refractivity contribution is 5.93. The first-order chi connectivity index (χ1) is 20.7. The van der Waals surface area contributed by atoms with Crippen molar-refractivity contribution in [2.75, 3.05) is 21.3 Å². The highest BCUT2D eigenvalue weighted by Crippen LogP contribution is 2.52. The molecule has 0 atom stereocenters. The first kappa shape index (κ1) is 24.0. The van der Waals surface area contributed by atoms with E-state index in [4.69, 9.17) is 20.9 Å². The van der Waals surface area contributed by atoms with Gasteiger partial charge < -0.3 is 30.7 Å². The standard InChI is InChI=1S/C36H26N4O2/c37-27-21-23(39-29-9-1-5-13-33(29)41-34-14-6-2-10-30(34)39)17-19-25(27)26-20-18-24(22-28(26)38)40-31-11-3-7-15-35(31)42-36-16-8-4-12-32(36)40/h1-22H,37-38H2. The molecular formula is C36H26N4O2. The van der Waals surface area contributed by atoms with Crippen LogP contribution in [0.1, 0.15) is 0 Å². The monoisotopic (exact) mass is 546 g/mol. The number of nitrogens with zero attached hydrogens (tertiary/aromatic N) is 2. The molecule has 6 nitrogen and oxygen atoms in total. The van der Waals surface area contributed by atoms with E-state index in [0.29, 0.717) is 11.4 Å². The van der Waals surface area contributed by atoms with Crippen LogP contribution < -0.4 is 30.7 Å². The minimum absolute atomic E-state index is 0.635. The molecule has 0 fully saturated rings. The van der Waals surface area contributed by atoms with Gasteiger partial charge in [0.1, 0.15) is 0 Å². The lowest BCUT2D eigenvalue weighted by atomic mass is 9.99. The fraction of sp³-hybridized carbons (Fsp3) is 0. The molecule has 4 N–H and O–H groups in total. The van der Waals surface area contributed by atoms with Gasteiger partial charge in [-0.3, -0.25) is 0 Å². The van der Waals surface area contributed by atoms with Crippen molar-refractivity contribution in [2.24, 2.45) is 0 Å². The van der Waals surface area contributed by atoms with Crippen molar-refractivity contribution >= 4 is 45.5 Å². The lowest BCUT2D eigenvalue weighted by Crippen LogP contribution is -2.16. The van der Waals surface area contributed by atoms with Crippen molar-refractivity contribution in [2.45, 2.75) is 0 Å². The number of rotatable bonds is 3. The fourth-order valence-corrected chi connectivity index (χ4v) is 5.83. The molecule has 0 amide bonds. The maximum absolute atomic E-state index is 6.74. The molecule has 8 rings (SSSR count). The second-order valence-corrected chi connectivity index (χ2v) is 10.3. The highest BCUT2D eigenvalue weighted by Gasteiger charge is 2.27. The number of nitrogen functional groups attached to an aromatic ring is 2. The Morgan fingerprint density at radius 2 is 0.690 bits per heavy atom. The minimum atomic E-state index is 0.635. The summed E-state index contributed by atoms with van der Waals surface area (Å²) in [5.74, 6) is 3.18. The van der Waals surface area contributed by atoms with Crippen molar-refractivity contribution in [3.8, 4) is 34.1 Å². The Morgan fingerprint density at radius 1 is 0.381 bits per heavy atom. The quantitative estimate of drug-likeness (QED) is 0.215. The van der Waals surface area contributed by atoms with E-state index in [0.717, 1.165) is 68.2 Å². The van der Waals surface area contributed by atoms with Gasteiger partial charge in [-0.15, -0.1) is 0 Å². The van der Waals surface area contributed by atoms with Crippen LogP contribution in [-0.4, -0.2) is 0 Å². The summed E-state index contributed by atoms with van der Waals surface area (Å²) in [6.45, 7) is 0. The van der Waals surface area contributed by atoms with Gasteiger partial charge in [0.15, 0.2) is 23.0 Å². The second-order valence-electron chi connectivity index (χ2n) is 10.3. The maximum Gasteiger partial charge on any atom is 0.151 e. The predicted molar refractivity (Wildman–Crippen MR) is 170 cm³/mol. The molecule has 2 aliphatic heterocycles. The minimum Gasteiger partial charge on any atom is -0.453 e. The van der Waals surface area contributed by atoms with Gasteiger partial charge in [0, 0.05) is 33.9 Å². The average molecular weight is 547 g/mol. The molecule has 202 valence electrons. The van der Waals surface area contributed by atoms with Gasteiger partial charge in [0.05, 0.1) is 22.7 Å². The summed E-state index contributed by atoms with van der Waals surface area (Å²) < 4.78 is 12.3. The molecule has 6 aromatic rings. The van der Waals surface area contributed by atoms with Crippen LogP contribution in [-0.2, 0) is 0 Å². The Hall–Kier alpha value is -5.88. The number of para-hydroxylation sites is 8. The molecule has 0 unspecified atom stereocenters. The zero-order valence-corrected chi connectivity index (χ0v) is 22.6. The van der Waals surface area contributed by atoms with Crippen LogP contribution in [0.4, 0.5) is 45.5 Å². The van der Waals surface area contributed by atoms with E-state index >= 15 is 0 Å². The second kappa shape index (κ2) is 9.35. The zero-order chi connectivity index (χ0) is 28.2. The molecule has 0 saturated heterocycles.